The van der Waals surface area contributed by atoms with Crippen molar-refractivity contribution in [1.82, 2.24) is 0 Å². The van der Waals surface area contributed by atoms with Gasteiger partial charge in [-0.3, -0.25) is 0 Å². The second-order valence-electron chi connectivity index (χ2n) is 8.54. The molecule has 1 aromatic rings. The molecular weight excluding hydrogens is 335 g/mol. The fourth-order valence-electron chi connectivity index (χ4n) is 4.67. The van der Waals surface area contributed by atoms with Crippen LogP contribution in [0, 0.1) is 43.8 Å². The predicted octanol–water partition coefficient (Wildman–Crippen LogP) is 6.90. The standard InChI is InChI=1S/C25H35F.H2O/c1-10-25(18(6)11-12-22(15(2)3)21(25)9)14-17(5)23-13-16(4)19(7)20(8)24(23)26;/h13,15,22H,5-6,9-12,14H2,1-4,7-8H3;1H2. The van der Waals surface area contributed by atoms with Gasteiger partial charge in [-0.05, 0) is 86.6 Å². The molecule has 0 bridgehead atoms. The molecule has 0 heterocycles. The Balaban J connectivity index is 0.00000364. The topological polar surface area (TPSA) is 31.5 Å². The van der Waals surface area contributed by atoms with E-state index < -0.39 is 0 Å². The van der Waals surface area contributed by atoms with E-state index in [0.29, 0.717) is 23.8 Å². The molecule has 1 aromatic carbocycles. The van der Waals surface area contributed by atoms with Gasteiger partial charge in [-0.1, -0.05) is 51.7 Å². The van der Waals surface area contributed by atoms with Crippen LogP contribution in [-0.4, -0.2) is 5.48 Å². The van der Waals surface area contributed by atoms with Crippen molar-refractivity contribution in [2.75, 3.05) is 0 Å². The maximum atomic E-state index is 15.0. The Morgan fingerprint density at radius 3 is 2.33 bits per heavy atom. The van der Waals surface area contributed by atoms with E-state index in [9.17, 15) is 4.39 Å². The van der Waals surface area contributed by atoms with Gasteiger partial charge in [0.05, 0.1) is 0 Å². The van der Waals surface area contributed by atoms with Crippen molar-refractivity contribution in [2.45, 2.75) is 67.2 Å². The molecule has 0 spiro atoms. The molecule has 150 valence electrons. The molecule has 1 aliphatic carbocycles. The molecule has 0 aromatic heterocycles. The maximum Gasteiger partial charge on any atom is 0.133 e. The zero-order chi connectivity index (χ0) is 19.8. The van der Waals surface area contributed by atoms with Crippen LogP contribution in [0.2, 0.25) is 0 Å². The van der Waals surface area contributed by atoms with Crippen molar-refractivity contribution in [2.24, 2.45) is 17.3 Å². The highest BCUT2D eigenvalue weighted by atomic mass is 19.1. The normalized spacial score (nSPS) is 22.7. The minimum Gasteiger partial charge on any atom is -0.412 e. The van der Waals surface area contributed by atoms with Gasteiger partial charge in [-0.2, -0.15) is 0 Å². The number of allylic oxidation sites excluding steroid dienone is 3. The summed E-state index contributed by atoms with van der Waals surface area (Å²) in [5.41, 5.74) is 6.74. The number of halogens is 1. The Morgan fingerprint density at radius 1 is 1.22 bits per heavy atom. The summed E-state index contributed by atoms with van der Waals surface area (Å²) in [6.07, 6.45) is 3.81. The SMILES string of the molecule is C=C(CC1(CC)C(=C)CCC(C(C)C)C1=C)c1cc(C)c(C)c(C)c1F.O. The van der Waals surface area contributed by atoms with E-state index in [1.807, 2.05) is 26.8 Å². The van der Waals surface area contributed by atoms with Gasteiger partial charge >= 0.3 is 0 Å². The van der Waals surface area contributed by atoms with Crippen molar-refractivity contribution < 1.29 is 9.87 Å². The lowest BCUT2D eigenvalue weighted by molar-refractivity contribution is 0.268. The Labute approximate surface area is 165 Å². The highest BCUT2D eigenvalue weighted by Gasteiger charge is 2.42. The van der Waals surface area contributed by atoms with Crippen molar-refractivity contribution in [3.63, 3.8) is 0 Å². The molecule has 27 heavy (non-hydrogen) atoms. The summed E-state index contributed by atoms with van der Waals surface area (Å²) in [6.45, 7) is 25.8. The third-order valence-corrected chi connectivity index (χ3v) is 6.88. The molecule has 2 N–H and O–H groups in total. The van der Waals surface area contributed by atoms with E-state index in [4.69, 9.17) is 0 Å². The molecule has 2 unspecified atom stereocenters. The molecule has 2 atom stereocenters. The fraction of sp³-hybridized carbons (Fsp3) is 0.520. The average Bonchev–Trinajstić information content (AvgIpc) is 2.59. The molecule has 0 radical (unpaired) electrons. The quantitative estimate of drug-likeness (QED) is 0.503. The first kappa shape index (κ1) is 23.4. The van der Waals surface area contributed by atoms with Crippen LogP contribution < -0.4 is 0 Å². The van der Waals surface area contributed by atoms with Crippen LogP contribution in [0.25, 0.3) is 5.57 Å². The van der Waals surface area contributed by atoms with Gasteiger partial charge in [0, 0.05) is 11.0 Å². The third-order valence-electron chi connectivity index (χ3n) is 6.88. The molecular formula is C25H37FO. The van der Waals surface area contributed by atoms with Crippen LogP contribution in [0.5, 0.6) is 0 Å². The van der Waals surface area contributed by atoms with Crippen molar-refractivity contribution in [3.05, 3.63) is 65.0 Å². The van der Waals surface area contributed by atoms with Crippen LogP contribution in [0.1, 0.15) is 68.7 Å². The van der Waals surface area contributed by atoms with Crippen LogP contribution in [0.15, 0.2) is 36.9 Å². The van der Waals surface area contributed by atoms with Crippen LogP contribution in [-0.2, 0) is 0 Å². The van der Waals surface area contributed by atoms with E-state index in [1.54, 1.807) is 0 Å². The summed E-state index contributed by atoms with van der Waals surface area (Å²) < 4.78 is 15.0. The largest absolute Gasteiger partial charge is 0.412 e. The summed E-state index contributed by atoms with van der Waals surface area (Å²) in [5.74, 6) is 0.937. The lowest BCUT2D eigenvalue weighted by atomic mass is 9.58. The second kappa shape index (κ2) is 8.56. The van der Waals surface area contributed by atoms with Gasteiger partial charge in [0.2, 0.25) is 0 Å². The minimum atomic E-state index is -0.163. The summed E-state index contributed by atoms with van der Waals surface area (Å²) in [4.78, 5) is 0. The van der Waals surface area contributed by atoms with Gasteiger partial charge < -0.3 is 5.48 Å². The van der Waals surface area contributed by atoms with Crippen LogP contribution >= 0.6 is 0 Å². The molecule has 1 saturated carbocycles. The lowest BCUT2D eigenvalue weighted by Gasteiger charge is -2.46. The van der Waals surface area contributed by atoms with E-state index in [2.05, 4.69) is 40.5 Å². The summed E-state index contributed by atoms with van der Waals surface area (Å²) in [7, 11) is 0. The number of aryl methyl sites for hydroxylation is 1. The molecule has 1 aliphatic rings. The van der Waals surface area contributed by atoms with Gasteiger partial charge in [-0.15, -0.1) is 0 Å². The second-order valence-corrected chi connectivity index (χ2v) is 8.54. The average molecular weight is 373 g/mol. The molecule has 1 fully saturated rings. The monoisotopic (exact) mass is 372 g/mol. The van der Waals surface area contributed by atoms with Crippen LogP contribution in [0.3, 0.4) is 0 Å². The number of benzene rings is 1. The Kier molecular flexibility index (Phi) is 7.41. The first-order chi connectivity index (χ1) is 12.1. The minimum absolute atomic E-state index is 0. The number of hydrogen-bond donors (Lipinski definition) is 0. The molecule has 2 rings (SSSR count). The van der Waals surface area contributed by atoms with E-state index in [1.165, 1.54) is 11.1 Å². The first-order valence-electron chi connectivity index (χ1n) is 9.88. The Morgan fingerprint density at radius 2 is 1.81 bits per heavy atom. The smallest absolute Gasteiger partial charge is 0.133 e. The van der Waals surface area contributed by atoms with E-state index in [0.717, 1.165) is 41.5 Å². The molecule has 0 aliphatic heterocycles. The van der Waals surface area contributed by atoms with Crippen molar-refractivity contribution in [3.8, 4) is 0 Å². The zero-order valence-electron chi connectivity index (χ0n) is 18.1. The summed E-state index contributed by atoms with van der Waals surface area (Å²) >= 11 is 0. The highest BCUT2D eigenvalue weighted by Crippen LogP contribution is 2.54. The Bertz CT molecular complexity index is 756. The van der Waals surface area contributed by atoms with Gasteiger partial charge in [0.15, 0.2) is 0 Å². The first-order valence-corrected chi connectivity index (χ1v) is 9.88. The number of hydrogen-bond acceptors (Lipinski definition) is 0. The molecule has 0 amide bonds. The van der Waals surface area contributed by atoms with Crippen molar-refractivity contribution >= 4 is 5.57 Å². The predicted molar refractivity (Wildman–Crippen MR) is 116 cm³/mol. The Hall–Kier alpha value is -1.67. The zero-order valence-corrected chi connectivity index (χ0v) is 18.1. The molecule has 0 saturated heterocycles. The summed E-state index contributed by atoms with van der Waals surface area (Å²) in [5, 5.41) is 0. The third kappa shape index (κ3) is 3.96. The van der Waals surface area contributed by atoms with Gasteiger partial charge in [0.25, 0.3) is 0 Å². The van der Waals surface area contributed by atoms with Gasteiger partial charge in [0.1, 0.15) is 5.82 Å². The maximum absolute atomic E-state index is 15.0. The van der Waals surface area contributed by atoms with Crippen molar-refractivity contribution in [1.29, 1.82) is 0 Å². The van der Waals surface area contributed by atoms with Gasteiger partial charge in [-0.25, -0.2) is 4.39 Å². The molecule has 1 nitrogen and oxygen atoms in total. The number of rotatable bonds is 5. The summed E-state index contributed by atoms with van der Waals surface area (Å²) in [6, 6.07) is 1.96. The van der Waals surface area contributed by atoms with Crippen LogP contribution in [0.4, 0.5) is 4.39 Å². The highest BCUT2D eigenvalue weighted by molar-refractivity contribution is 5.68. The van der Waals surface area contributed by atoms with E-state index in [-0.39, 0.29) is 16.7 Å². The van der Waals surface area contributed by atoms with E-state index >= 15 is 0 Å². The lowest BCUT2D eigenvalue weighted by Crippen LogP contribution is -2.35. The fourth-order valence-corrected chi connectivity index (χ4v) is 4.67. The molecule has 2 heteroatoms.